The second kappa shape index (κ2) is 12.3. The lowest BCUT2D eigenvalue weighted by Gasteiger charge is -2.29. The molecule has 0 unspecified atom stereocenters. The first-order valence-electron chi connectivity index (χ1n) is 9.83. The highest BCUT2D eigenvalue weighted by atomic mass is 16.5. The van der Waals surface area contributed by atoms with Gasteiger partial charge in [-0.25, -0.2) is 0 Å². The molecule has 0 aromatic carbocycles. The van der Waals surface area contributed by atoms with Gasteiger partial charge in [0, 0.05) is 31.5 Å². The zero-order valence-electron chi connectivity index (χ0n) is 17.3. The standard InChI is InChI=1S/C20H40N2O3/c1-7-9-10-14-22-18(24)19(3,4)13-16-25-20(5,6)12-15-21-17(23)11-8-2/h7-16H2,1-6H3,(H,21,23)(H,22,24). The lowest BCUT2D eigenvalue weighted by Crippen LogP contribution is -2.39. The molecule has 2 amide bonds. The van der Waals surface area contributed by atoms with Crippen molar-refractivity contribution in [2.45, 2.75) is 92.1 Å². The van der Waals surface area contributed by atoms with Crippen LogP contribution < -0.4 is 10.6 Å². The fourth-order valence-electron chi connectivity index (χ4n) is 2.40. The second-order valence-electron chi connectivity index (χ2n) is 8.05. The van der Waals surface area contributed by atoms with Gasteiger partial charge in [0.05, 0.1) is 5.60 Å². The largest absolute Gasteiger partial charge is 0.375 e. The summed E-state index contributed by atoms with van der Waals surface area (Å²) >= 11 is 0. The number of unbranched alkanes of at least 4 members (excludes halogenated alkanes) is 2. The van der Waals surface area contributed by atoms with Crippen LogP contribution in [0.25, 0.3) is 0 Å². The Morgan fingerprint density at radius 1 is 0.880 bits per heavy atom. The number of hydrogen-bond acceptors (Lipinski definition) is 3. The third kappa shape index (κ3) is 12.0. The summed E-state index contributed by atoms with van der Waals surface area (Å²) in [5.74, 6) is 0.191. The minimum absolute atomic E-state index is 0.0943. The Labute approximate surface area is 154 Å². The fourth-order valence-corrected chi connectivity index (χ4v) is 2.40. The van der Waals surface area contributed by atoms with E-state index in [0.717, 1.165) is 38.6 Å². The molecule has 0 bridgehead atoms. The van der Waals surface area contributed by atoms with E-state index in [0.29, 0.717) is 26.0 Å². The average Bonchev–Trinajstić information content (AvgIpc) is 2.51. The van der Waals surface area contributed by atoms with E-state index in [-0.39, 0.29) is 17.4 Å². The molecule has 0 saturated heterocycles. The van der Waals surface area contributed by atoms with E-state index in [1.165, 1.54) is 0 Å². The summed E-state index contributed by atoms with van der Waals surface area (Å²) in [6.45, 7) is 14.0. The van der Waals surface area contributed by atoms with Crippen molar-refractivity contribution >= 4 is 11.8 Å². The van der Waals surface area contributed by atoms with Crippen molar-refractivity contribution in [2.24, 2.45) is 5.41 Å². The van der Waals surface area contributed by atoms with Crippen LogP contribution in [-0.4, -0.2) is 37.1 Å². The van der Waals surface area contributed by atoms with E-state index in [4.69, 9.17) is 4.74 Å². The highest BCUT2D eigenvalue weighted by molar-refractivity contribution is 5.81. The molecule has 0 aromatic heterocycles. The van der Waals surface area contributed by atoms with Gasteiger partial charge >= 0.3 is 0 Å². The van der Waals surface area contributed by atoms with Crippen molar-refractivity contribution in [3.05, 3.63) is 0 Å². The zero-order valence-corrected chi connectivity index (χ0v) is 17.3. The highest BCUT2D eigenvalue weighted by Gasteiger charge is 2.28. The summed E-state index contributed by atoms with van der Waals surface area (Å²) in [5.41, 5.74) is -0.745. The van der Waals surface area contributed by atoms with Crippen molar-refractivity contribution in [3.8, 4) is 0 Å². The number of hydrogen-bond donors (Lipinski definition) is 2. The molecule has 0 heterocycles. The van der Waals surface area contributed by atoms with Crippen LogP contribution in [0.4, 0.5) is 0 Å². The molecule has 0 aliphatic rings. The number of ether oxygens (including phenoxy) is 1. The van der Waals surface area contributed by atoms with Gasteiger partial charge in [0.1, 0.15) is 0 Å². The van der Waals surface area contributed by atoms with E-state index in [2.05, 4.69) is 17.6 Å². The second-order valence-corrected chi connectivity index (χ2v) is 8.05. The Balaban J connectivity index is 4.07. The Morgan fingerprint density at radius 2 is 1.56 bits per heavy atom. The van der Waals surface area contributed by atoms with Crippen molar-refractivity contribution in [1.29, 1.82) is 0 Å². The van der Waals surface area contributed by atoms with Gasteiger partial charge in [0.25, 0.3) is 0 Å². The number of rotatable bonds is 14. The topological polar surface area (TPSA) is 67.4 Å². The molecule has 0 fully saturated rings. The summed E-state index contributed by atoms with van der Waals surface area (Å²) in [5, 5.41) is 5.94. The molecule has 25 heavy (non-hydrogen) atoms. The van der Waals surface area contributed by atoms with Gasteiger partial charge in [-0.3, -0.25) is 9.59 Å². The molecule has 148 valence electrons. The molecule has 5 nitrogen and oxygen atoms in total. The van der Waals surface area contributed by atoms with E-state index in [1.54, 1.807) is 0 Å². The fraction of sp³-hybridized carbons (Fsp3) is 0.900. The molecule has 5 heteroatoms. The Morgan fingerprint density at radius 3 is 2.16 bits per heavy atom. The quantitative estimate of drug-likeness (QED) is 0.465. The molecule has 0 atom stereocenters. The lowest BCUT2D eigenvalue weighted by molar-refractivity contribution is -0.131. The first-order valence-corrected chi connectivity index (χ1v) is 9.83. The highest BCUT2D eigenvalue weighted by Crippen LogP contribution is 2.23. The molecule has 0 rings (SSSR count). The Hall–Kier alpha value is -1.10. The van der Waals surface area contributed by atoms with Gasteiger partial charge in [-0.2, -0.15) is 0 Å². The van der Waals surface area contributed by atoms with Crippen LogP contribution in [0.1, 0.15) is 86.5 Å². The molecule has 0 spiro atoms. The van der Waals surface area contributed by atoms with Crippen molar-refractivity contribution in [1.82, 2.24) is 10.6 Å². The zero-order chi connectivity index (χ0) is 19.3. The number of carbonyl (C=O) groups is 2. The number of nitrogens with one attached hydrogen (secondary N) is 2. The third-order valence-electron chi connectivity index (χ3n) is 4.43. The van der Waals surface area contributed by atoms with E-state index < -0.39 is 5.41 Å². The lowest BCUT2D eigenvalue weighted by atomic mass is 9.88. The smallest absolute Gasteiger partial charge is 0.225 e. The van der Waals surface area contributed by atoms with Crippen LogP contribution in [0.2, 0.25) is 0 Å². The van der Waals surface area contributed by atoms with Crippen molar-refractivity contribution in [2.75, 3.05) is 19.7 Å². The maximum atomic E-state index is 12.3. The van der Waals surface area contributed by atoms with Crippen LogP contribution >= 0.6 is 0 Å². The Kier molecular flexibility index (Phi) is 11.7. The van der Waals surface area contributed by atoms with Crippen molar-refractivity contribution < 1.29 is 14.3 Å². The van der Waals surface area contributed by atoms with Crippen LogP contribution in [-0.2, 0) is 14.3 Å². The minimum atomic E-state index is -0.433. The first-order chi connectivity index (χ1) is 11.6. The predicted octanol–water partition coefficient (Wildman–Crippen LogP) is 3.81. The average molecular weight is 357 g/mol. The normalized spacial score (nSPS) is 12.1. The summed E-state index contributed by atoms with van der Waals surface area (Å²) in [7, 11) is 0. The molecule has 0 aliphatic heterocycles. The van der Waals surface area contributed by atoms with Crippen LogP contribution in [0.3, 0.4) is 0 Å². The predicted molar refractivity (Wildman–Crippen MR) is 103 cm³/mol. The van der Waals surface area contributed by atoms with Gasteiger partial charge in [0.15, 0.2) is 0 Å². The van der Waals surface area contributed by atoms with Crippen LogP contribution in [0.15, 0.2) is 0 Å². The van der Waals surface area contributed by atoms with Gasteiger partial charge in [-0.05, 0) is 39.5 Å². The SMILES string of the molecule is CCCCCNC(=O)C(C)(C)CCOC(C)(C)CCNC(=O)CCC. The summed E-state index contributed by atoms with van der Waals surface area (Å²) in [6, 6.07) is 0. The van der Waals surface area contributed by atoms with E-state index in [9.17, 15) is 9.59 Å². The van der Waals surface area contributed by atoms with E-state index in [1.807, 2.05) is 34.6 Å². The van der Waals surface area contributed by atoms with Gasteiger partial charge in [-0.15, -0.1) is 0 Å². The minimum Gasteiger partial charge on any atom is -0.375 e. The third-order valence-corrected chi connectivity index (χ3v) is 4.43. The van der Waals surface area contributed by atoms with Gasteiger partial charge in [-0.1, -0.05) is 40.5 Å². The maximum Gasteiger partial charge on any atom is 0.225 e. The molecule has 0 aromatic rings. The Bertz CT molecular complexity index is 392. The summed E-state index contributed by atoms with van der Waals surface area (Å²) in [4.78, 5) is 23.8. The molecule has 2 N–H and O–H groups in total. The van der Waals surface area contributed by atoms with Crippen LogP contribution in [0, 0.1) is 5.41 Å². The van der Waals surface area contributed by atoms with Gasteiger partial charge < -0.3 is 15.4 Å². The maximum absolute atomic E-state index is 12.3. The first kappa shape index (κ1) is 23.9. The number of carbonyl (C=O) groups excluding carboxylic acids is 2. The van der Waals surface area contributed by atoms with Crippen molar-refractivity contribution in [3.63, 3.8) is 0 Å². The van der Waals surface area contributed by atoms with Gasteiger partial charge in [0.2, 0.25) is 11.8 Å². The molecule has 0 saturated carbocycles. The number of amides is 2. The molecular formula is C20H40N2O3. The monoisotopic (exact) mass is 356 g/mol. The summed E-state index contributed by atoms with van der Waals surface area (Å²) < 4.78 is 5.97. The molecular weight excluding hydrogens is 316 g/mol. The summed E-state index contributed by atoms with van der Waals surface area (Å²) in [6.07, 6.45) is 6.20. The van der Waals surface area contributed by atoms with Crippen LogP contribution in [0.5, 0.6) is 0 Å². The molecule has 0 radical (unpaired) electrons. The van der Waals surface area contributed by atoms with E-state index >= 15 is 0 Å². The molecule has 0 aliphatic carbocycles.